The molecule has 3 N–H and O–H groups in total. The quantitative estimate of drug-likeness (QED) is 0.574. The minimum Gasteiger partial charge on any atom is -0.367 e. The lowest BCUT2D eigenvalue weighted by Crippen LogP contribution is -2.33. The molecule has 0 unspecified atom stereocenters. The zero-order valence-electron chi connectivity index (χ0n) is 15.7. The minimum atomic E-state index is -0.322. The molecule has 2 aromatic heterocycles. The van der Waals surface area contributed by atoms with Crippen LogP contribution in [0, 0.1) is 25.2 Å². The van der Waals surface area contributed by atoms with E-state index < -0.39 is 0 Å². The smallest absolute Gasteiger partial charge is 0.319 e. The third-order valence-electron chi connectivity index (χ3n) is 4.02. The zero-order chi connectivity index (χ0) is 19.9. The lowest BCUT2D eigenvalue weighted by atomic mass is 10.2. The van der Waals surface area contributed by atoms with E-state index >= 15 is 0 Å². The van der Waals surface area contributed by atoms with Crippen molar-refractivity contribution in [1.82, 2.24) is 20.1 Å². The van der Waals surface area contributed by atoms with E-state index in [2.05, 4.69) is 32.1 Å². The van der Waals surface area contributed by atoms with E-state index in [1.165, 1.54) is 0 Å². The number of carbonyl (C=O) groups is 1. The van der Waals surface area contributed by atoms with Gasteiger partial charge in [0.05, 0.1) is 22.6 Å². The van der Waals surface area contributed by atoms with Gasteiger partial charge in [0.1, 0.15) is 11.9 Å². The van der Waals surface area contributed by atoms with Gasteiger partial charge in [-0.1, -0.05) is 12.1 Å². The largest absolute Gasteiger partial charge is 0.367 e. The Hall–Kier alpha value is -3.86. The average Bonchev–Trinajstić information content (AvgIpc) is 3.04. The van der Waals surface area contributed by atoms with Crippen LogP contribution >= 0.6 is 0 Å². The molecule has 28 heavy (non-hydrogen) atoms. The lowest BCUT2D eigenvalue weighted by Gasteiger charge is -2.13. The summed E-state index contributed by atoms with van der Waals surface area (Å²) in [6.45, 7) is 4.71. The van der Waals surface area contributed by atoms with E-state index in [0.717, 1.165) is 17.1 Å². The molecule has 0 saturated carbocycles. The molecule has 0 atom stereocenters. The Labute approximate surface area is 163 Å². The van der Waals surface area contributed by atoms with E-state index in [1.54, 1.807) is 23.0 Å². The van der Waals surface area contributed by atoms with Crippen molar-refractivity contribution in [2.24, 2.45) is 0 Å². The molecule has 3 aromatic rings. The molecule has 2 heterocycles. The van der Waals surface area contributed by atoms with E-state index in [4.69, 9.17) is 5.26 Å². The van der Waals surface area contributed by atoms with Crippen LogP contribution < -0.4 is 16.0 Å². The number of aryl methyl sites for hydroxylation is 2. The summed E-state index contributed by atoms with van der Waals surface area (Å²) in [5, 5.41) is 22.2. The number of para-hydroxylation sites is 2. The third kappa shape index (κ3) is 4.45. The minimum absolute atomic E-state index is 0.322. The molecule has 0 bridgehead atoms. The SMILES string of the molecule is Cc1cc(C)n(-c2ccccc2NC(=O)NCCNc2ncccc2C#N)n1. The highest BCUT2D eigenvalue weighted by Gasteiger charge is 2.11. The van der Waals surface area contributed by atoms with Crippen LogP contribution in [0.15, 0.2) is 48.7 Å². The fraction of sp³-hybridized carbons (Fsp3) is 0.200. The monoisotopic (exact) mass is 375 g/mol. The summed E-state index contributed by atoms with van der Waals surface area (Å²) in [5.74, 6) is 0.502. The first kappa shape index (κ1) is 18.9. The van der Waals surface area contributed by atoms with Crippen LogP contribution in [0.4, 0.5) is 16.3 Å². The molecule has 8 nitrogen and oxygen atoms in total. The van der Waals surface area contributed by atoms with Gasteiger partial charge in [-0.3, -0.25) is 0 Å². The number of nitrogens with zero attached hydrogens (tertiary/aromatic N) is 4. The molecule has 1 aromatic carbocycles. The number of urea groups is 1. The van der Waals surface area contributed by atoms with Gasteiger partial charge in [0, 0.05) is 25.0 Å². The van der Waals surface area contributed by atoms with Gasteiger partial charge < -0.3 is 16.0 Å². The first-order valence-corrected chi connectivity index (χ1v) is 8.85. The maximum atomic E-state index is 12.3. The van der Waals surface area contributed by atoms with Crippen LogP contribution in [-0.2, 0) is 0 Å². The molecule has 3 rings (SSSR count). The van der Waals surface area contributed by atoms with Crippen molar-refractivity contribution in [2.75, 3.05) is 23.7 Å². The fourth-order valence-electron chi connectivity index (χ4n) is 2.80. The lowest BCUT2D eigenvalue weighted by molar-refractivity contribution is 0.252. The van der Waals surface area contributed by atoms with Crippen molar-refractivity contribution in [3.63, 3.8) is 0 Å². The highest BCUT2D eigenvalue weighted by molar-refractivity contribution is 5.91. The molecule has 0 aliphatic carbocycles. The number of carbonyl (C=O) groups excluding carboxylic acids is 1. The normalized spacial score (nSPS) is 10.2. The number of nitriles is 1. The van der Waals surface area contributed by atoms with Gasteiger partial charge in [0.15, 0.2) is 0 Å². The van der Waals surface area contributed by atoms with E-state index in [0.29, 0.717) is 30.2 Å². The summed E-state index contributed by atoms with van der Waals surface area (Å²) < 4.78 is 1.80. The molecule has 8 heteroatoms. The van der Waals surface area contributed by atoms with Gasteiger partial charge in [-0.15, -0.1) is 0 Å². The molecule has 0 radical (unpaired) electrons. The number of pyridine rings is 1. The molecule has 0 aliphatic rings. The Balaban J connectivity index is 1.57. The standard InChI is InChI=1S/C20H21N7O/c1-14-12-15(2)27(26-14)18-8-4-3-7-17(18)25-20(28)24-11-10-23-19-16(13-21)6-5-9-22-19/h3-9,12H,10-11H2,1-2H3,(H,22,23)(H2,24,25,28). The Morgan fingerprint density at radius 3 is 2.75 bits per heavy atom. The van der Waals surface area contributed by atoms with Crippen LogP contribution in [0.1, 0.15) is 17.0 Å². The predicted molar refractivity (Wildman–Crippen MR) is 108 cm³/mol. The van der Waals surface area contributed by atoms with Gasteiger partial charge >= 0.3 is 6.03 Å². The molecular formula is C20H21N7O. The number of benzene rings is 1. The van der Waals surface area contributed by atoms with Crippen molar-refractivity contribution in [1.29, 1.82) is 5.26 Å². The summed E-state index contributed by atoms with van der Waals surface area (Å²) in [6.07, 6.45) is 1.61. The van der Waals surface area contributed by atoms with Gasteiger partial charge in [-0.25, -0.2) is 14.5 Å². The summed E-state index contributed by atoms with van der Waals surface area (Å²) >= 11 is 0. The molecular weight excluding hydrogens is 354 g/mol. The highest BCUT2D eigenvalue weighted by atomic mass is 16.2. The van der Waals surface area contributed by atoms with E-state index in [9.17, 15) is 4.79 Å². The number of hydrogen-bond donors (Lipinski definition) is 3. The number of hydrogen-bond acceptors (Lipinski definition) is 5. The van der Waals surface area contributed by atoms with E-state index in [-0.39, 0.29) is 6.03 Å². The topological polar surface area (TPSA) is 108 Å². The Kier molecular flexibility index (Phi) is 5.87. The second-order valence-electron chi connectivity index (χ2n) is 6.18. The van der Waals surface area contributed by atoms with Crippen molar-refractivity contribution in [3.05, 3.63) is 65.6 Å². The second kappa shape index (κ2) is 8.68. The van der Waals surface area contributed by atoms with Crippen molar-refractivity contribution in [3.8, 4) is 11.8 Å². The number of rotatable bonds is 6. The van der Waals surface area contributed by atoms with Gasteiger partial charge in [0.25, 0.3) is 0 Å². The van der Waals surface area contributed by atoms with Crippen molar-refractivity contribution >= 4 is 17.5 Å². The third-order valence-corrected chi connectivity index (χ3v) is 4.02. The van der Waals surface area contributed by atoms with Crippen molar-refractivity contribution < 1.29 is 4.79 Å². The fourth-order valence-corrected chi connectivity index (χ4v) is 2.80. The maximum absolute atomic E-state index is 12.3. The summed E-state index contributed by atoms with van der Waals surface area (Å²) in [4.78, 5) is 16.4. The maximum Gasteiger partial charge on any atom is 0.319 e. The molecule has 142 valence electrons. The van der Waals surface area contributed by atoms with Crippen LogP contribution in [0.2, 0.25) is 0 Å². The Morgan fingerprint density at radius 1 is 1.18 bits per heavy atom. The predicted octanol–water partition coefficient (Wildman–Crippen LogP) is 2.99. The van der Waals surface area contributed by atoms with Crippen LogP contribution in [-0.4, -0.2) is 33.9 Å². The Bertz CT molecular complexity index is 1020. The number of aromatic nitrogens is 3. The summed E-state index contributed by atoms with van der Waals surface area (Å²) in [5.41, 5.74) is 3.82. The van der Waals surface area contributed by atoms with Gasteiger partial charge in [-0.2, -0.15) is 10.4 Å². The first-order chi connectivity index (χ1) is 13.6. The summed E-state index contributed by atoms with van der Waals surface area (Å²) in [7, 11) is 0. The summed E-state index contributed by atoms with van der Waals surface area (Å²) in [6, 6.07) is 14.6. The van der Waals surface area contributed by atoms with Gasteiger partial charge in [-0.05, 0) is 44.2 Å². The van der Waals surface area contributed by atoms with Crippen LogP contribution in [0.3, 0.4) is 0 Å². The number of nitrogens with one attached hydrogen (secondary N) is 3. The molecule has 0 saturated heterocycles. The number of amides is 2. The first-order valence-electron chi connectivity index (χ1n) is 8.85. The molecule has 2 amide bonds. The molecule has 0 spiro atoms. The van der Waals surface area contributed by atoms with E-state index in [1.807, 2.05) is 44.2 Å². The van der Waals surface area contributed by atoms with Crippen molar-refractivity contribution in [2.45, 2.75) is 13.8 Å². The average molecular weight is 375 g/mol. The van der Waals surface area contributed by atoms with Crippen LogP contribution in [0.25, 0.3) is 5.69 Å². The molecule has 0 aliphatic heterocycles. The second-order valence-corrected chi connectivity index (χ2v) is 6.18. The zero-order valence-corrected chi connectivity index (χ0v) is 15.7. The Morgan fingerprint density at radius 2 is 2.00 bits per heavy atom. The van der Waals surface area contributed by atoms with Crippen LogP contribution in [0.5, 0.6) is 0 Å². The van der Waals surface area contributed by atoms with Gasteiger partial charge in [0.2, 0.25) is 0 Å². The highest BCUT2D eigenvalue weighted by Crippen LogP contribution is 2.21. The molecule has 0 fully saturated rings. The number of anilines is 2.